The minimum absolute atomic E-state index is 0.0444. The van der Waals surface area contributed by atoms with E-state index < -0.39 is 0 Å². The molecular weight excluding hydrogens is 368 g/mol. The number of nitrogens with one attached hydrogen (secondary N) is 1. The fourth-order valence-corrected chi connectivity index (χ4v) is 5.53. The maximum absolute atomic E-state index is 12.7. The van der Waals surface area contributed by atoms with E-state index >= 15 is 0 Å². The Morgan fingerprint density at radius 1 is 1.25 bits per heavy atom. The number of carbonyl (C=O) groups is 1. The van der Waals surface area contributed by atoms with E-state index in [1.165, 1.54) is 17.3 Å². The van der Waals surface area contributed by atoms with Crippen molar-refractivity contribution in [3.05, 3.63) is 40.7 Å². The Morgan fingerprint density at radius 3 is 2.71 bits per heavy atom. The second kappa shape index (κ2) is 6.55. The van der Waals surface area contributed by atoms with Crippen molar-refractivity contribution in [3.63, 3.8) is 0 Å². The van der Waals surface area contributed by atoms with Gasteiger partial charge in [-0.3, -0.25) is 4.79 Å². The van der Waals surface area contributed by atoms with Gasteiger partial charge in [-0.25, -0.2) is 4.98 Å². The molecule has 3 atom stereocenters. The Hall–Kier alpha value is -1.95. The van der Waals surface area contributed by atoms with Gasteiger partial charge in [-0.15, -0.1) is 5.10 Å². The van der Waals surface area contributed by atoms with Crippen LogP contribution in [0.3, 0.4) is 0 Å². The number of hydrogen-bond donors (Lipinski definition) is 1. The van der Waals surface area contributed by atoms with Crippen LogP contribution in [-0.4, -0.2) is 26.3 Å². The minimum atomic E-state index is -0.306. The Morgan fingerprint density at radius 2 is 2.00 bits per heavy atom. The van der Waals surface area contributed by atoms with Gasteiger partial charge < -0.3 is 5.32 Å². The number of aryl methyl sites for hydroxylation is 2. The number of anilines is 1. The molecule has 1 aromatic heterocycles. The maximum atomic E-state index is 12.7. The number of benzene rings is 1. The summed E-state index contributed by atoms with van der Waals surface area (Å²) in [5, 5.41) is 12.2. The van der Waals surface area contributed by atoms with Gasteiger partial charge in [-0.2, -0.15) is 5.10 Å². The zero-order valence-corrected chi connectivity index (χ0v) is 18.3. The predicted octanol–water partition coefficient (Wildman–Crippen LogP) is 4.78. The van der Waals surface area contributed by atoms with Crippen molar-refractivity contribution in [2.45, 2.75) is 76.1 Å². The summed E-state index contributed by atoms with van der Waals surface area (Å²) in [7, 11) is 0. The Kier molecular flexibility index (Phi) is 4.53. The first kappa shape index (κ1) is 19.4. The van der Waals surface area contributed by atoms with Gasteiger partial charge in [0, 0.05) is 17.0 Å². The molecule has 2 bridgehead atoms. The normalized spacial score (nSPS) is 25.4. The fraction of sp³-hybridized carbons (Fsp3) is 0.545. The molecule has 5 nitrogen and oxygen atoms in total. The maximum Gasteiger partial charge on any atom is 0.237 e. The summed E-state index contributed by atoms with van der Waals surface area (Å²) in [6.45, 7) is 12.9. The van der Waals surface area contributed by atoms with Gasteiger partial charge in [0.15, 0.2) is 0 Å². The molecule has 1 aromatic carbocycles. The lowest BCUT2D eigenvalue weighted by Gasteiger charge is -2.34. The van der Waals surface area contributed by atoms with Gasteiger partial charge in [0.05, 0.1) is 16.6 Å². The summed E-state index contributed by atoms with van der Waals surface area (Å²) in [6, 6.07) is 6.02. The summed E-state index contributed by atoms with van der Waals surface area (Å²) in [5.74, 6) is 0.394. The first-order valence-corrected chi connectivity index (χ1v) is 10.8. The number of fused-ring (bicyclic) bond motifs is 5. The second-order valence-corrected chi connectivity index (χ2v) is 10.3. The van der Waals surface area contributed by atoms with E-state index in [1.807, 2.05) is 32.9 Å². The Bertz CT molecular complexity index is 958. The van der Waals surface area contributed by atoms with Gasteiger partial charge in [-0.05, 0) is 50.7 Å². The number of amides is 1. The summed E-state index contributed by atoms with van der Waals surface area (Å²) < 4.78 is 0. The highest BCUT2D eigenvalue weighted by Gasteiger charge is 2.61. The van der Waals surface area contributed by atoms with Crippen LogP contribution in [0.25, 0.3) is 0 Å². The summed E-state index contributed by atoms with van der Waals surface area (Å²) in [5.41, 5.74) is 5.45. The largest absolute Gasteiger partial charge is 0.325 e. The van der Waals surface area contributed by atoms with Crippen LogP contribution in [0.2, 0.25) is 0 Å². The highest BCUT2D eigenvalue weighted by molar-refractivity contribution is 8.00. The molecule has 0 saturated heterocycles. The summed E-state index contributed by atoms with van der Waals surface area (Å²) in [4.78, 5) is 17.5. The molecule has 0 radical (unpaired) electrons. The molecule has 28 heavy (non-hydrogen) atoms. The molecule has 1 N–H and O–H groups in total. The second-order valence-electron chi connectivity index (χ2n) is 9.04. The number of aromatic nitrogens is 3. The lowest BCUT2D eigenvalue weighted by Crippen LogP contribution is -2.32. The molecule has 2 aromatic rings. The molecule has 6 heteroatoms. The molecule has 1 amide bonds. The number of hydrogen-bond acceptors (Lipinski definition) is 5. The molecule has 2 aliphatic carbocycles. The molecular formula is C22H28N4OS. The van der Waals surface area contributed by atoms with Gasteiger partial charge in [0.2, 0.25) is 11.1 Å². The van der Waals surface area contributed by atoms with Crippen LogP contribution < -0.4 is 5.32 Å². The Balaban J connectivity index is 1.51. The highest BCUT2D eigenvalue weighted by atomic mass is 32.2. The zero-order valence-electron chi connectivity index (χ0n) is 17.5. The van der Waals surface area contributed by atoms with E-state index in [2.05, 4.69) is 42.4 Å². The van der Waals surface area contributed by atoms with E-state index in [1.54, 1.807) is 0 Å². The number of rotatable bonds is 4. The van der Waals surface area contributed by atoms with Crippen LogP contribution >= 0.6 is 11.8 Å². The van der Waals surface area contributed by atoms with Gasteiger partial charge in [0.25, 0.3) is 0 Å². The van der Waals surface area contributed by atoms with Crippen molar-refractivity contribution < 1.29 is 4.79 Å². The molecule has 1 fully saturated rings. The molecule has 4 rings (SSSR count). The number of thioether (sulfide) groups is 1. The SMILES string of the molecule is Cc1ccc(NC(=O)[C@H](C)Sc2nnc3c(n2)[C@]2(C)CC[C@@H]3C2(C)C)c(C)c1. The highest BCUT2D eigenvalue weighted by Crippen LogP contribution is 2.66. The lowest BCUT2D eigenvalue weighted by molar-refractivity contribution is -0.115. The Labute approximate surface area is 171 Å². The first-order chi connectivity index (χ1) is 13.1. The van der Waals surface area contributed by atoms with Crippen LogP contribution in [0.1, 0.15) is 69.0 Å². The van der Waals surface area contributed by atoms with Crippen LogP contribution in [-0.2, 0) is 10.2 Å². The molecule has 0 spiro atoms. The third-order valence-electron chi connectivity index (χ3n) is 7.06. The van der Waals surface area contributed by atoms with Gasteiger partial charge in [-0.1, -0.05) is 50.2 Å². The molecule has 1 heterocycles. The summed E-state index contributed by atoms with van der Waals surface area (Å²) in [6.07, 6.45) is 2.30. The molecule has 2 aliphatic rings. The first-order valence-electron chi connectivity index (χ1n) is 9.93. The van der Waals surface area contributed by atoms with Crippen molar-refractivity contribution in [1.82, 2.24) is 15.2 Å². The number of nitrogens with zero attached hydrogens (tertiary/aromatic N) is 3. The monoisotopic (exact) mass is 396 g/mol. The quantitative estimate of drug-likeness (QED) is 0.753. The van der Waals surface area contributed by atoms with E-state index in [0.29, 0.717) is 11.1 Å². The van der Waals surface area contributed by atoms with E-state index in [4.69, 9.17) is 4.98 Å². The average molecular weight is 397 g/mol. The van der Waals surface area contributed by atoms with Crippen LogP contribution in [0.4, 0.5) is 5.69 Å². The van der Waals surface area contributed by atoms with Crippen molar-refractivity contribution in [1.29, 1.82) is 0 Å². The standard InChI is InChI=1S/C22H28N4OS/c1-12-7-8-16(13(2)11-12)23-19(27)14(3)28-20-24-18-17(25-26-20)15-9-10-22(18,6)21(15,4)5/h7-8,11,14-15H,9-10H2,1-6H3,(H,23,27)/t14-,15-,22-/m0/s1. The number of carbonyl (C=O) groups excluding carboxylic acids is 1. The fourth-order valence-electron chi connectivity index (χ4n) is 4.81. The lowest BCUT2D eigenvalue weighted by atomic mass is 9.70. The zero-order chi connectivity index (χ0) is 20.3. The van der Waals surface area contributed by atoms with Crippen LogP contribution in [0, 0.1) is 19.3 Å². The molecule has 0 unspecified atom stereocenters. The molecule has 148 valence electrons. The average Bonchev–Trinajstić information content (AvgIpc) is 2.96. The molecule has 1 saturated carbocycles. The predicted molar refractivity (Wildman–Crippen MR) is 113 cm³/mol. The third kappa shape index (κ3) is 2.84. The smallest absolute Gasteiger partial charge is 0.237 e. The molecule has 0 aliphatic heterocycles. The van der Waals surface area contributed by atoms with Crippen molar-refractivity contribution in [2.75, 3.05) is 5.32 Å². The van der Waals surface area contributed by atoms with Gasteiger partial charge >= 0.3 is 0 Å². The van der Waals surface area contributed by atoms with E-state index in [-0.39, 0.29) is 22.0 Å². The van der Waals surface area contributed by atoms with Crippen molar-refractivity contribution >= 4 is 23.4 Å². The minimum Gasteiger partial charge on any atom is -0.325 e. The van der Waals surface area contributed by atoms with Gasteiger partial charge in [0.1, 0.15) is 0 Å². The van der Waals surface area contributed by atoms with Crippen LogP contribution in [0.5, 0.6) is 0 Å². The van der Waals surface area contributed by atoms with E-state index in [0.717, 1.165) is 35.5 Å². The van der Waals surface area contributed by atoms with E-state index in [9.17, 15) is 4.79 Å². The van der Waals surface area contributed by atoms with Crippen molar-refractivity contribution in [2.24, 2.45) is 5.41 Å². The topological polar surface area (TPSA) is 67.8 Å². The van der Waals surface area contributed by atoms with Crippen LogP contribution in [0.15, 0.2) is 23.4 Å². The summed E-state index contributed by atoms with van der Waals surface area (Å²) >= 11 is 1.38. The van der Waals surface area contributed by atoms with Crippen molar-refractivity contribution in [3.8, 4) is 0 Å². The third-order valence-corrected chi connectivity index (χ3v) is 8.01.